The number of aliphatic hydroxyl groups is 2. The molecule has 0 aliphatic heterocycles. The fraction of sp³-hybridized carbons (Fsp3) is 0.610. The van der Waals surface area contributed by atoms with Gasteiger partial charge in [-0.15, -0.1) is 0 Å². The molecule has 0 aromatic heterocycles. The quantitative estimate of drug-likeness (QED) is 0.0179. The first-order chi connectivity index (χ1) is 31.5. The summed E-state index contributed by atoms with van der Waals surface area (Å²) in [5, 5.41) is 21.7. The monoisotopic (exact) mass is 1020 g/mol. The molecule has 0 saturated heterocycles. The molecule has 1 rings (SSSR count). The molecule has 5 unspecified atom stereocenters. The number of aliphatic hydroxyl groups excluding tert-OH is 2. The van der Waals surface area contributed by atoms with E-state index < -0.39 is 99.2 Å². The Morgan fingerprint density at radius 3 is 1.31 bits per heavy atom. The van der Waals surface area contributed by atoms with Crippen LogP contribution in [0.15, 0.2) is 0 Å². The molecule has 9 N–H and O–H groups in total. The molecule has 0 spiro atoms. The number of esters is 2. The van der Waals surface area contributed by atoms with E-state index in [4.69, 9.17) is 18.5 Å². The minimum Gasteiger partial charge on any atom is -0.456 e. The highest BCUT2D eigenvalue weighted by molar-refractivity contribution is 7.47. The Labute approximate surface area is 389 Å². The number of phosphoric ester groups is 4. The van der Waals surface area contributed by atoms with Crippen LogP contribution in [0.25, 0.3) is 0 Å². The van der Waals surface area contributed by atoms with Gasteiger partial charge in [-0.3, -0.25) is 27.4 Å². The maximum Gasteiger partial charge on any atom is 0.472 e. The van der Waals surface area contributed by atoms with Crippen LogP contribution in [0, 0.1) is 82.9 Å². The van der Waals surface area contributed by atoms with Gasteiger partial charge in [0, 0.05) is 12.3 Å². The molecule has 0 amide bonds. The summed E-state index contributed by atoms with van der Waals surface area (Å²) < 4.78 is 81.1. The Balaban J connectivity index is 3.12. The lowest BCUT2D eigenvalue weighted by atomic mass is 9.85. The van der Waals surface area contributed by atoms with E-state index in [9.17, 15) is 72.3 Å². The SMILES string of the molecule is CC#CC#CC#CC#CC#CC#CC#CC(=O)OC[C@H](COP(=O)(O)OC1C(O)[C@H](OP(=O)(O)O)C(OP(=O)(O)O)C(OP(=O)(O)O)[C@@H]1O)OC(=O)CCCCCCCCCCCCCCC. The lowest BCUT2D eigenvalue weighted by Crippen LogP contribution is -2.65. The second-order valence-corrected chi connectivity index (χ2v) is 19.1. The molecule has 370 valence electrons. The Morgan fingerprint density at radius 1 is 0.507 bits per heavy atom. The van der Waals surface area contributed by atoms with Crippen molar-refractivity contribution >= 4 is 43.2 Å². The summed E-state index contributed by atoms with van der Waals surface area (Å²) in [6.07, 6.45) is -5.05. The van der Waals surface area contributed by atoms with E-state index in [0.717, 1.165) is 32.1 Å². The summed E-state index contributed by atoms with van der Waals surface area (Å²) in [7, 11) is -23.2. The molecule has 8 atom stereocenters. The maximum absolute atomic E-state index is 13.2. The third-order valence-corrected chi connectivity index (χ3v) is 11.1. The van der Waals surface area contributed by atoms with Gasteiger partial charge in [-0.2, -0.15) is 0 Å². The van der Waals surface area contributed by atoms with Crippen molar-refractivity contribution in [2.75, 3.05) is 13.2 Å². The standard InChI is InChI=1S/C41H54O22P4/c1-3-5-7-9-11-13-15-17-19-21-23-25-27-29-34(42)57-31-33(59-35(43)30-28-26-24-22-20-18-16-14-12-10-8-6-4-2)32-58-67(55,56)63-38-36(44)39(60-64(46,47)48)41(62-66(52,53)54)40(37(38)45)61-65(49,50)51/h33,36-41,44-45H,4,6,8,10,12,14,16,18,20,22,24,26,28,30-32H2,1-2H3,(H,55,56)(H2,46,47,48)(H2,49,50,51)(H2,52,53,54)/t33-,36-,37?,38?,39?,40+,41?/m1/s1. The highest BCUT2D eigenvalue weighted by Gasteiger charge is 2.59. The Kier molecular flexibility index (Phi) is 30.0. The molecular formula is C41H54O22P4. The minimum absolute atomic E-state index is 0.134. The zero-order chi connectivity index (χ0) is 50.4. The molecule has 0 heterocycles. The van der Waals surface area contributed by atoms with Crippen LogP contribution in [0.4, 0.5) is 0 Å². The van der Waals surface area contributed by atoms with Crippen molar-refractivity contribution in [3.05, 3.63) is 0 Å². The first-order valence-electron chi connectivity index (χ1n) is 20.5. The Hall–Kier alpha value is -3.78. The normalized spacial score (nSPS) is 20.1. The third kappa shape index (κ3) is 31.1. The zero-order valence-electron chi connectivity index (χ0n) is 36.5. The van der Waals surface area contributed by atoms with Crippen molar-refractivity contribution < 1.29 is 104 Å². The summed E-state index contributed by atoms with van der Waals surface area (Å²) in [6, 6.07) is 0. The van der Waals surface area contributed by atoms with Crippen LogP contribution >= 0.6 is 31.3 Å². The molecule has 22 nitrogen and oxygen atoms in total. The molecule has 26 heteroatoms. The molecule has 0 radical (unpaired) electrons. The van der Waals surface area contributed by atoms with Crippen molar-refractivity contribution in [2.45, 2.75) is 146 Å². The van der Waals surface area contributed by atoms with E-state index in [1.807, 2.05) is 5.92 Å². The molecular weight excluding hydrogens is 968 g/mol. The van der Waals surface area contributed by atoms with E-state index in [-0.39, 0.29) is 6.42 Å². The smallest absolute Gasteiger partial charge is 0.456 e. The van der Waals surface area contributed by atoms with Gasteiger partial charge in [0.1, 0.15) is 43.2 Å². The van der Waals surface area contributed by atoms with E-state index >= 15 is 0 Å². The summed E-state index contributed by atoms with van der Waals surface area (Å²) in [4.78, 5) is 92.0. The highest BCUT2D eigenvalue weighted by Crippen LogP contribution is 2.53. The van der Waals surface area contributed by atoms with Crippen LogP contribution in [0.1, 0.15) is 104 Å². The minimum atomic E-state index is -5.82. The molecule has 0 bridgehead atoms. The first-order valence-corrected chi connectivity index (χ1v) is 26.6. The number of hydrogen-bond donors (Lipinski definition) is 9. The predicted molar refractivity (Wildman–Crippen MR) is 235 cm³/mol. The van der Waals surface area contributed by atoms with Crippen LogP contribution in [-0.4, -0.2) is 112 Å². The van der Waals surface area contributed by atoms with Crippen molar-refractivity contribution in [1.29, 1.82) is 0 Å². The number of carbonyl (C=O) groups excluding carboxylic acids is 2. The summed E-state index contributed by atoms with van der Waals surface area (Å²) in [5.74, 6) is 30.9. The largest absolute Gasteiger partial charge is 0.472 e. The number of ether oxygens (including phenoxy) is 2. The van der Waals surface area contributed by atoms with E-state index in [0.29, 0.717) is 12.8 Å². The molecule has 1 aliphatic rings. The summed E-state index contributed by atoms with van der Waals surface area (Å²) in [6.45, 7) is 1.80. The number of phosphoric acid groups is 4. The fourth-order valence-electron chi connectivity index (χ4n) is 5.79. The van der Waals surface area contributed by atoms with Gasteiger partial charge in [-0.1, -0.05) is 89.9 Å². The Morgan fingerprint density at radius 2 is 0.896 bits per heavy atom. The number of rotatable bonds is 28. The predicted octanol–water partition coefficient (Wildman–Crippen LogP) is 2.64. The second-order valence-electron chi connectivity index (χ2n) is 14.1. The zero-order valence-corrected chi connectivity index (χ0v) is 40.1. The molecule has 0 aromatic rings. The van der Waals surface area contributed by atoms with Crippen molar-refractivity contribution in [3.8, 4) is 82.9 Å². The topological polar surface area (TPSA) is 349 Å². The van der Waals surface area contributed by atoms with Gasteiger partial charge in [0.05, 0.1) is 6.61 Å². The van der Waals surface area contributed by atoms with Crippen molar-refractivity contribution in [2.24, 2.45) is 0 Å². The summed E-state index contributed by atoms with van der Waals surface area (Å²) >= 11 is 0. The number of carbonyl (C=O) groups is 2. The molecule has 1 aliphatic carbocycles. The van der Waals surface area contributed by atoms with Crippen molar-refractivity contribution in [1.82, 2.24) is 0 Å². The molecule has 1 saturated carbocycles. The van der Waals surface area contributed by atoms with Gasteiger partial charge in [-0.05, 0) is 84.4 Å². The number of unbranched alkanes of at least 4 members (excludes halogenated alkanes) is 12. The van der Waals surface area contributed by atoms with Gasteiger partial charge in [0.2, 0.25) is 0 Å². The fourth-order valence-corrected chi connectivity index (χ4v) is 8.44. The average Bonchev–Trinajstić information content (AvgIpc) is 3.22. The lowest BCUT2D eigenvalue weighted by molar-refractivity contribution is -0.209. The average molecular weight is 1020 g/mol. The lowest BCUT2D eigenvalue weighted by Gasteiger charge is -2.45. The van der Waals surface area contributed by atoms with Gasteiger partial charge in [-0.25, -0.2) is 23.1 Å². The molecule has 1 fully saturated rings. The Bertz CT molecular complexity index is 2220. The summed E-state index contributed by atoms with van der Waals surface area (Å²) in [5.41, 5.74) is 0. The molecule has 67 heavy (non-hydrogen) atoms. The van der Waals surface area contributed by atoms with Crippen LogP contribution in [-0.2, 0) is 59.9 Å². The second kappa shape index (κ2) is 32.9. The highest BCUT2D eigenvalue weighted by atomic mass is 31.2. The van der Waals surface area contributed by atoms with Crippen LogP contribution < -0.4 is 0 Å². The molecule has 0 aromatic carbocycles. The first kappa shape index (κ1) is 61.2. The van der Waals surface area contributed by atoms with Gasteiger partial charge in [0.15, 0.2) is 6.10 Å². The van der Waals surface area contributed by atoms with Crippen LogP contribution in [0.3, 0.4) is 0 Å². The maximum atomic E-state index is 13.2. The van der Waals surface area contributed by atoms with Gasteiger partial charge in [0.25, 0.3) is 0 Å². The van der Waals surface area contributed by atoms with Crippen LogP contribution in [0.2, 0.25) is 0 Å². The number of hydrogen-bond acceptors (Lipinski definition) is 15. The van der Waals surface area contributed by atoms with Crippen LogP contribution in [0.5, 0.6) is 0 Å². The van der Waals surface area contributed by atoms with E-state index in [1.165, 1.54) is 38.5 Å². The third-order valence-electron chi connectivity index (χ3n) is 8.61. The van der Waals surface area contributed by atoms with Gasteiger partial charge >= 0.3 is 43.2 Å². The van der Waals surface area contributed by atoms with Gasteiger partial charge < -0.3 is 53.9 Å². The van der Waals surface area contributed by atoms with E-state index in [1.54, 1.807) is 6.92 Å². The van der Waals surface area contributed by atoms with E-state index in [2.05, 4.69) is 97.5 Å². The van der Waals surface area contributed by atoms with Crippen molar-refractivity contribution in [3.63, 3.8) is 0 Å².